The summed E-state index contributed by atoms with van der Waals surface area (Å²) in [6.45, 7) is 1.99. The van der Waals surface area contributed by atoms with Gasteiger partial charge in [0.05, 0.1) is 18.9 Å². The van der Waals surface area contributed by atoms with Gasteiger partial charge in [-0.3, -0.25) is 14.6 Å². The number of aryl methyl sites for hydroxylation is 1. The number of nitrogens with one attached hydrogen (secondary N) is 1. The number of hydrogen-bond donors (Lipinski definition) is 2. The lowest BCUT2D eigenvalue weighted by atomic mass is 9.93. The van der Waals surface area contributed by atoms with Gasteiger partial charge in [-0.1, -0.05) is 24.3 Å². The number of Topliss-reactive ketones (excluding diaryl/α,β-unsaturated/α-hetero) is 1. The van der Waals surface area contributed by atoms with Crippen molar-refractivity contribution in [2.45, 2.75) is 19.9 Å². The first-order valence-electron chi connectivity index (χ1n) is 11.9. The second-order valence-electron chi connectivity index (χ2n) is 8.70. The molecule has 192 valence electrons. The summed E-state index contributed by atoms with van der Waals surface area (Å²) < 4.78 is 18.8. The van der Waals surface area contributed by atoms with E-state index in [1.54, 1.807) is 61.5 Å². The maximum Gasteiger partial charge on any atom is 0.338 e. The molecule has 7 nitrogen and oxygen atoms in total. The molecule has 3 aromatic carbocycles. The van der Waals surface area contributed by atoms with Crippen LogP contribution in [-0.2, 0) is 17.7 Å². The van der Waals surface area contributed by atoms with Crippen LogP contribution in [0.15, 0.2) is 79.1 Å². The molecule has 0 aliphatic rings. The van der Waals surface area contributed by atoms with E-state index in [1.165, 1.54) is 19.4 Å². The average molecular weight is 512 g/mol. The molecule has 0 saturated heterocycles. The molecule has 8 heteroatoms. The molecule has 0 atom stereocenters. The summed E-state index contributed by atoms with van der Waals surface area (Å²) in [5.74, 6) is -1.57. The molecular formula is C30H26FN3O4. The monoisotopic (exact) mass is 511 g/mol. The van der Waals surface area contributed by atoms with Gasteiger partial charge in [-0.2, -0.15) is 0 Å². The smallest absolute Gasteiger partial charge is 0.338 e. The van der Waals surface area contributed by atoms with E-state index in [9.17, 15) is 18.8 Å². The summed E-state index contributed by atoms with van der Waals surface area (Å²) in [6.07, 6.45) is 2.42. The lowest BCUT2D eigenvalue weighted by Gasteiger charge is -2.13. The Morgan fingerprint density at radius 3 is 2.50 bits per heavy atom. The number of amides is 1. The minimum Gasteiger partial charge on any atom is -0.465 e. The van der Waals surface area contributed by atoms with Crippen LogP contribution in [0.3, 0.4) is 0 Å². The van der Waals surface area contributed by atoms with Crippen LogP contribution in [0.25, 0.3) is 11.1 Å². The van der Waals surface area contributed by atoms with Crippen LogP contribution in [0.2, 0.25) is 0 Å². The van der Waals surface area contributed by atoms with Crippen molar-refractivity contribution in [1.82, 2.24) is 4.98 Å². The number of ketones is 1. The Morgan fingerprint density at radius 2 is 1.79 bits per heavy atom. The number of methoxy groups -OCH3 is 1. The summed E-state index contributed by atoms with van der Waals surface area (Å²) in [6, 6.07) is 18.5. The topological polar surface area (TPSA) is 111 Å². The Balaban J connectivity index is 1.59. The largest absolute Gasteiger partial charge is 0.465 e. The summed E-state index contributed by atoms with van der Waals surface area (Å²) in [5, 5.41) is 2.84. The number of nitrogens with zero attached hydrogens (tertiary/aromatic N) is 1. The number of esters is 1. The quantitative estimate of drug-likeness (QED) is 0.251. The van der Waals surface area contributed by atoms with Gasteiger partial charge in [0.1, 0.15) is 5.82 Å². The molecule has 0 fully saturated rings. The van der Waals surface area contributed by atoms with Crippen molar-refractivity contribution >= 4 is 23.3 Å². The number of carbonyl (C=O) groups excluding carboxylic acids is 3. The number of aromatic nitrogens is 1. The number of hydrogen-bond acceptors (Lipinski definition) is 6. The van der Waals surface area contributed by atoms with Gasteiger partial charge in [0.25, 0.3) is 5.91 Å². The molecule has 0 aliphatic heterocycles. The Hall–Kier alpha value is -4.69. The van der Waals surface area contributed by atoms with Crippen LogP contribution in [0.1, 0.15) is 47.8 Å². The van der Waals surface area contributed by atoms with E-state index in [2.05, 4.69) is 10.3 Å². The molecule has 4 aromatic rings. The lowest BCUT2D eigenvalue weighted by Crippen LogP contribution is -2.13. The number of nitrogens with two attached hydrogens (primary N) is 1. The first-order valence-corrected chi connectivity index (χ1v) is 11.9. The zero-order valence-corrected chi connectivity index (χ0v) is 21.0. The van der Waals surface area contributed by atoms with Gasteiger partial charge in [-0.15, -0.1) is 0 Å². The second kappa shape index (κ2) is 11.6. The molecule has 0 spiro atoms. The fraction of sp³-hybridized carbons (Fsp3) is 0.133. The number of pyridine rings is 1. The molecule has 0 radical (unpaired) electrons. The summed E-state index contributed by atoms with van der Waals surface area (Å²) in [4.78, 5) is 41.5. The SMILES string of the molecule is COC(=O)c1ccc(NC(=O)c2cccc(-c3cc(C(=O)Cc4ccncc4F)ccc3CN)c2)cc1C. The minimum atomic E-state index is -0.534. The summed E-state index contributed by atoms with van der Waals surface area (Å²) in [7, 11) is 1.31. The zero-order valence-electron chi connectivity index (χ0n) is 21.0. The Bertz CT molecular complexity index is 1530. The van der Waals surface area contributed by atoms with E-state index in [-0.39, 0.29) is 30.2 Å². The van der Waals surface area contributed by atoms with Gasteiger partial charge in [0.15, 0.2) is 5.78 Å². The third-order valence-electron chi connectivity index (χ3n) is 6.18. The molecule has 0 bridgehead atoms. The molecule has 38 heavy (non-hydrogen) atoms. The highest BCUT2D eigenvalue weighted by Gasteiger charge is 2.16. The zero-order chi connectivity index (χ0) is 27.2. The summed E-state index contributed by atoms with van der Waals surface area (Å²) in [5.41, 5.74) is 10.9. The Labute approximate surface area is 219 Å². The summed E-state index contributed by atoms with van der Waals surface area (Å²) >= 11 is 0. The standard InChI is InChI=1S/C30H26FN3O4/c1-18-12-24(8-9-25(18)30(37)38-2)34-29(36)22-5-3-4-19(13-22)26-14-21(6-7-23(26)16-32)28(35)15-20-10-11-33-17-27(20)31/h3-14,17H,15-16,32H2,1-2H3,(H,34,36). The van der Waals surface area contributed by atoms with Crippen molar-refractivity contribution < 1.29 is 23.5 Å². The highest BCUT2D eigenvalue weighted by atomic mass is 19.1. The van der Waals surface area contributed by atoms with Gasteiger partial charge in [0.2, 0.25) is 0 Å². The maximum absolute atomic E-state index is 14.0. The Kier molecular flexibility index (Phi) is 8.03. The maximum atomic E-state index is 14.0. The number of halogens is 1. The van der Waals surface area contributed by atoms with Crippen LogP contribution < -0.4 is 11.1 Å². The normalized spacial score (nSPS) is 10.6. The van der Waals surface area contributed by atoms with E-state index in [0.717, 1.165) is 11.8 Å². The van der Waals surface area contributed by atoms with Crippen molar-refractivity contribution in [3.8, 4) is 11.1 Å². The van der Waals surface area contributed by atoms with Crippen molar-refractivity contribution in [3.63, 3.8) is 0 Å². The van der Waals surface area contributed by atoms with Gasteiger partial charge in [-0.25, -0.2) is 9.18 Å². The van der Waals surface area contributed by atoms with Crippen LogP contribution >= 0.6 is 0 Å². The van der Waals surface area contributed by atoms with Crippen LogP contribution in [0.4, 0.5) is 10.1 Å². The van der Waals surface area contributed by atoms with Crippen LogP contribution in [0.5, 0.6) is 0 Å². The number of carbonyl (C=O) groups is 3. The molecule has 4 rings (SSSR count). The number of benzene rings is 3. The third kappa shape index (κ3) is 5.82. The Morgan fingerprint density at radius 1 is 0.974 bits per heavy atom. The van der Waals surface area contributed by atoms with E-state index < -0.39 is 11.8 Å². The number of rotatable bonds is 8. The molecular weight excluding hydrogens is 485 g/mol. The lowest BCUT2D eigenvalue weighted by molar-refractivity contribution is 0.0599. The first kappa shape index (κ1) is 26.4. The molecule has 0 saturated carbocycles. The van der Waals surface area contributed by atoms with Gasteiger partial charge in [0, 0.05) is 36.0 Å². The van der Waals surface area contributed by atoms with Gasteiger partial charge < -0.3 is 15.8 Å². The van der Waals surface area contributed by atoms with E-state index in [1.807, 2.05) is 6.07 Å². The molecule has 0 aliphatic carbocycles. The predicted octanol–water partition coefficient (Wildman–Crippen LogP) is 5.12. The predicted molar refractivity (Wildman–Crippen MR) is 142 cm³/mol. The van der Waals surface area contributed by atoms with E-state index >= 15 is 0 Å². The van der Waals surface area contributed by atoms with Crippen LogP contribution in [-0.4, -0.2) is 29.8 Å². The van der Waals surface area contributed by atoms with Gasteiger partial charge in [-0.05, 0) is 77.2 Å². The first-order chi connectivity index (χ1) is 18.3. The average Bonchev–Trinajstić information content (AvgIpc) is 2.93. The van der Waals surface area contributed by atoms with Gasteiger partial charge >= 0.3 is 5.97 Å². The molecule has 0 unspecified atom stereocenters. The molecule has 1 amide bonds. The second-order valence-corrected chi connectivity index (χ2v) is 8.70. The minimum absolute atomic E-state index is 0.105. The molecule has 3 N–H and O–H groups in total. The fourth-order valence-electron chi connectivity index (χ4n) is 4.13. The third-order valence-corrected chi connectivity index (χ3v) is 6.18. The van der Waals surface area contributed by atoms with E-state index in [4.69, 9.17) is 10.5 Å². The fourth-order valence-corrected chi connectivity index (χ4v) is 4.13. The number of anilines is 1. The van der Waals surface area contributed by atoms with Crippen molar-refractivity contribution in [1.29, 1.82) is 0 Å². The highest BCUT2D eigenvalue weighted by molar-refractivity contribution is 6.05. The highest BCUT2D eigenvalue weighted by Crippen LogP contribution is 2.27. The van der Waals surface area contributed by atoms with Crippen molar-refractivity contribution in [3.05, 3.63) is 118 Å². The van der Waals surface area contributed by atoms with E-state index in [0.29, 0.717) is 39.1 Å². The van der Waals surface area contributed by atoms with Crippen LogP contribution in [0, 0.1) is 12.7 Å². The molecule has 1 aromatic heterocycles. The number of ether oxygens (including phenoxy) is 1. The molecule has 1 heterocycles. The van der Waals surface area contributed by atoms with Crippen molar-refractivity contribution in [2.24, 2.45) is 5.73 Å². The van der Waals surface area contributed by atoms with Crippen molar-refractivity contribution in [2.75, 3.05) is 12.4 Å².